The van der Waals surface area contributed by atoms with E-state index in [1.54, 1.807) is 7.11 Å². The summed E-state index contributed by atoms with van der Waals surface area (Å²) in [6.45, 7) is 0. The zero-order valence-corrected chi connectivity index (χ0v) is 17.1. The topological polar surface area (TPSA) is 33.7 Å². The molecule has 2 aliphatic heterocycles. The first kappa shape index (κ1) is 18.4. The third kappa shape index (κ3) is 3.33. The number of benzene rings is 3. The summed E-state index contributed by atoms with van der Waals surface area (Å²) in [5.74, 6) is 1.62. The summed E-state index contributed by atoms with van der Waals surface area (Å²) in [6.07, 6.45) is 1.84. The van der Waals surface area contributed by atoms with Crippen molar-refractivity contribution in [2.75, 3.05) is 7.11 Å². The van der Waals surface area contributed by atoms with Crippen molar-refractivity contribution in [1.82, 2.24) is 10.4 Å². The van der Waals surface area contributed by atoms with E-state index in [-0.39, 0.29) is 12.3 Å². The van der Waals surface area contributed by atoms with E-state index in [1.165, 1.54) is 0 Å². The second kappa shape index (κ2) is 7.30. The Morgan fingerprint density at radius 1 is 0.966 bits per heavy atom. The monoisotopic (exact) mass is 424 g/mol. The average molecular weight is 425 g/mol. The van der Waals surface area contributed by atoms with Gasteiger partial charge in [0.05, 0.1) is 18.8 Å². The van der Waals surface area contributed by atoms with Crippen molar-refractivity contribution >= 4 is 28.9 Å². The van der Waals surface area contributed by atoms with Crippen LogP contribution in [0.5, 0.6) is 11.5 Å². The summed E-state index contributed by atoms with van der Waals surface area (Å²) < 4.78 is 11.7. The Balaban J connectivity index is 1.60. The molecular formula is C23H18Cl2N2O2. The van der Waals surface area contributed by atoms with Gasteiger partial charge in [0.2, 0.25) is 0 Å². The highest BCUT2D eigenvalue weighted by Crippen LogP contribution is 2.47. The maximum absolute atomic E-state index is 6.36. The quantitative estimate of drug-likeness (QED) is 0.559. The van der Waals surface area contributed by atoms with Crippen LogP contribution in [0.15, 0.2) is 72.8 Å². The first-order valence-corrected chi connectivity index (χ1v) is 10.0. The Morgan fingerprint density at radius 2 is 1.79 bits per heavy atom. The van der Waals surface area contributed by atoms with Crippen molar-refractivity contribution in [3.63, 3.8) is 0 Å². The second-order valence-electron chi connectivity index (χ2n) is 6.98. The third-order valence-electron chi connectivity index (χ3n) is 5.17. The fraction of sp³-hybridized carbons (Fsp3) is 0.130. The number of hydrogen-bond donors (Lipinski definition) is 1. The second-order valence-corrected chi connectivity index (χ2v) is 7.86. The molecule has 2 aliphatic rings. The molecule has 0 aromatic heterocycles. The van der Waals surface area contributed by atoms with Gasteiger partial charge >= 0.3 is 0 Å². The van der Waals surface area contributed by atoms with Crippen LogP contribution in [0.1, 0.15) is 29.0 Å². The Bertz CT molecular complexity index is 1120. The maximum atomic E-state index is 6.36. The molecular weight excluding hydrogens is 407 g/mol. The highest BCUT2D eigenvalue weighted by molar-refractivity contribution is 6.31. The Morgan fingerprint density at radius 3 is 2.62 bits per heavy atom. The number of nitrogens with one attached hydrogen (secondary N) is 1. The van der Waals surface area contributed by atoms with Crippen molar-refractivity contribution in [3.05, 3.63) is 99.5 Å². The van der Waals surface area contributed by atoms with E-state index in [0.29, 0.717) is 10.0 Å². The van der Waals surface area contributed by atoms with Crippen LogP contribution < -0.4 is 14.9 Å². The summed E-state index contributed by atoms with van der Waals surface area (Å²) in [7, 11) is 1.67. The van der Waals surface area contributed by atoms with Crippen LogP contribution in [0.4, 0.5) is 0 Å². The molecule has 0 saturated heterocycles. The first-order valence-electron chi connectivity index (χ1n) is 9.25. The fourth-order valence-electron chi connectivity index (χ4n) is 3.80. The summed E-state index contributed by atoms with van der Waals surface area (Å²) in [6, 6.07) is 21.4. The molecule has 146 valence electrons. The van der Waals surface area contributed by atoms with Gasteiger partial charge in [-0.25, -0.2) is 0 Å². The standard InChI is InChI=1S/C23H18Cl2N2O2/c1-28-18-7-3-4-14(11-18)20-13-21-19-12-17(25)8-9-22(19)29-23(27(21)26-20)15-5-2-6-16(24)10-15/h2-13,21,23,26H,1H3. The molecule has 0 aliphatic carbocycles. The minimum atomic E-state index is -0.341. The SMILES string of the molecule is COc1cccc(C2=CC3c4cc(Cl)ccc4OC(c4cccc(Cl)c4)N3N2)c1. The summed E-state index contributed by atoms with van der Waals surface area (Å²) >= 11 is 12.5. The molecule has 5 rings (SSSR count). The molecule has 29 heavy (non-hydrogen) atoms. The number of halogens is 2. The minimum absolute atomic E-state index is 0.0392. The molecule has 2 unspecified atom stereocenters. The molecule has 0 radical (unpaired) electrons. The van der Waals surface area contributed by atoms with Crippen LogP contribution in [-0.2, 0) is 0 Å². The van der Waals surface area contributed by atoms with E-state index in [4.69, 9.17) is 32.7 Å². The molecule has 3 aromatic carbocycles. The average Bonchev–Trinajstić information content (AvgIpc) is 3.19. The van der Waals surface area contributed by atoms with Gasteiger partial charge in [-0.3, -0.25) is 0 Å². The number of rotatable bonds is 3. The van der Waals surface area contributed by atoms with E-state index < -0.39 is 0 Å². The Hall–Kier alpha value is -2.66. The van der Waals surface area contributed by atoms with Gasteiger partial charge in [0.15, 0.2) is 6.23 Å². The number of fused-ring (bicyclic) bond motifs is 3. The highest BCUT2D eigenvalue weighted by Gasteiger charge is 2.40. The van der Waals surface area contributed by atoms with Crippen LogP contribution in [0.2, 0.25) is 10.0 Å². The maximum Gasteiger partial charge on any atom is 0.196 e. The van der Waals surface area contributed by atoms with Gasteiger partial charge in [-0.1, -0.05) is 47.5 Å². The lowest BCUT2D eigenvalue weighted by atomic mass is 10.0. The largest absolute Gasteiger partial charge is 0.497 e. The zero-order chi connectivity index (χ0) is 20.0. The lowest BCUT2D eigenvalue weighted by Crippen LogP contribution is -2.43. The lowest BCUT2D eigenvalue weighted by molar-refractivity contribution is -0.0326. The number of hydrogen-bond acceptors (Lipinski definition) is 4. The van der Waals surface area contributed by atoms with Crippen LogP contribution in [-0.4, -0.2) is 12.1 Å². The van der Waals surface area contributed by atoms with Crippen LogP contribution in [0.3, 0.4) is 0 Å². The minimum Gasteiger partial charge on any atom is -0.497 e. The third-order valence-corrected chi connectivity index (χ3v) is 5.64. The van der Waals surface area contributed by atoms with E-state index in [1.807, 2.05) is 66.7 Å². The van der Waals surface area contributed by atoms with Gasteiger partial charge in [-0.15, -0.1) is 0 Å². The molecule has 0 fully saturated rings. The zero-order valence-electron chi connectivity index (χ0n) is 15.6. The number of ether oxygens (including phenoxy) is 2. The molecule has 0 saturated carbocycles. The number of methoxy groups -OCH3 is 1. The van der Waals surface area contributed by atoms with Gasteiger partial charge in [-0.05, 0) is 48.5 Å². The summed E-state index contributed by atoms with van der Waals surface area (Å²) in [5.41, 5.74) is 7.52. The van der Waals surface area contributed by atoms with Crippen molar-refractivity contribution in [2.24, 2.45) is 0 Å². The molecule has 6 heteroatoms. The molecule has 0 spiro atoms. The van der Waals surface area contributed by atoms with Gasteiger partial charge in [0, 0.05) is 26.7 Å². The smallest absolute Gasteiger partial charge is 0.196 e. The lowest BCUT2D eigenvalue weighted by Gasteiger charge is -2.39. The van der Waals surface area contributed by atoms with E-state index >= 15 is 0 Å². The van der Waals surface area contributed by atoms with Gasteiger partial charge < -0.3 is 14.9 Å². The molecule has 2 atom stereocenters. The van der Waals surface area contributed by atoms with Crippen molar-refractivity contribution in [2.45, 2.75) is 12.3 Å². The van der Waals surface area contributed by atoms with E-state index in [0.717, 1.165) is 33.9 Å². The summed E-state index contributed by atoms with van der Waals surface area (Å²) in [5, 5.41) is 3.43. The van der Waals surface area contributed by atoms with E-state index in [9.17, 15) is 0 Å². The van der Waals surface area contributed by atoms with Crippen LogP contribution in [0.25, 0.3) is 5.70 Å². The van der Waals surface area contributed by atoms with Crippen molar-refractivity contribution in [1.29, 1.82) is 0 Å². The van der Waals surface area contributed by atoms with Crippen molar-refractivity contribution in [3.8, 4) is 11.5 Å². The molecule has 0 bridgehead atoms. The molecule has 2 heterocycles. The number of hydrazine groups is 1. The Kier molecular flexibility index (Phi) is 4.63. The number of nitrogens with zero attached hydrogens (tertiary/aromatic N) is 1. The van der Waals surface area contributed by atoms with Crippen LogP contribution >= 0.6 is 23.2 Å². The Labute approximate surface area is 179 Å². The van der Waals surface area contributed by atoms with Crippen LogP contribution in [0, 0.1) is 0 Å². The fourth-order valence-corrected chi connectivity index (χ4v) is 4.18. The van der Waals surface area contributed by atoms with Gasteiger partial charge in [0.1, 0.15) is 11.5 Å². The van der Waals surface area contributed by atoms with Gasteiger partial charge in [-0.2, -0.15) is 5.01 Å². The first-order chi connectivity index (χ1) is 14.1. The predicted octanol–water partition coefficient (Wildman–Crippen LogP) is 6.00. The normalized spacial score (nSPS) is 20.2. The molecule has 4 nitrogen and oxygen atoms in total. The molecule has 1 N–H and O–H groups in total. The molecule has 3 aromatic rings. The predicted molar refractivity (Wildman–Crippen MR) is 115 cm³/mol. The van der Waals surface area contributed by atoms with E-state index in [2.05, 4.69) is 16.5 Å². The summed E-state index contributed by atoms with van der Waals surface area (Å²) in [4.78, 5) is 0. The highest BCUT2D eigenvalue weighted by atomic mass is 35.5. The van der Waals surface area contributed by atoms with Gasteiger partial charge in [0.25, 0.3) is 0 Å². The van der Waals surface area contributed by atoms with Crippen molar-refractivity contribution < 1.29 is 9.47 Å². The molecule has 0 amide bonds.